The Morgan fingerprint density at radius 2 is 2.09 bits per heavy atom. The van der Waals surface area contributed by atoms with Crippen molar-refractivity contribution < 1.29 is 28.8 Å². The van der Waals surface area contributed by atoms with E-state index >= 15 is 0 Å². The number of pyridine rings is 1. The number of hydrogen-bond acceptors (Lipinski definition) is 10. The lowest BCUT2D eigenvalue weighted by Gasteiger charge is -2.32. The highest BCUT2D eigenvalue weighted by Gasteiger charge is 2.29. The summed E-state index contributed by atoms with van der Waals surface area (Å²) in [6.07, 6.45) is -0.740. The highest BCUT2D eigenvalue weighted by Crippen LogP contribution is 2.25. The Bertz CT molecular complexity index is 1290. The van der Waals surface area contributed by atoms with Crippen molar-refractivity contribution in [1.82, 2.24) is 19.9 Å². The van der Waals surface area contributed by atoms with Crippen LogP contribution in [-0.4, -0.2) is 70.9 Å². The van der Waals surface area contributed by atoms with Crippen molar-refractivity contribution in [2.45, 2.75) is 31.5 Å². The van der Waals surface area contributed by atoms with E-state index in [0.717, 1.165) is 5.69 Å². The number of aliphatic hydroxyl groups excluding tert-OH is 1. The first kappa shape index (κ1) is 23.2. The second-order valence-electron chi connectivity index (χ2n) is 8.23. The smallest absolute Gasteiger partial charge is 0.269 e. The highest BCUT2D eigenvalue weighted by molar-refractivity contribution is 5.94. The molecule has 35 heavy (non-hydrogen) atoms. The number of rotatable bonds is 7. The number of ether oxygens (including phenoxy) is 4. The number of nitrogens with one attached hydrogen (secondary N) is 2. The van der Waals surface area contributed by atoms with Crippen LogP contribution in [-0.2, 0) is 27.4 Å². The summed E-state index contributed by atoms with van der Waals surface area (Å²) in [6.45, 7) is 0.976. The molecular formula is C23H25N5O7. The van der Waals surface area contributed by atoms with Crippen molar-refractivity contribution in [3.8, 4) is 11.5 Å². The first-order valence-corrected chi connectivity index (χ1v) is 11.1. The Balaban J connectivity index is 1.17. The number of fused-ring (bicyclic) bond motifs is 2. The molecule has 1 aromatic carbocycles. The maximum Gasteiger partial charge on any atom is 0.269 e. The third kappa shape index (κ3) is 5.10. The molecule has 0 aliphatic carbocycles. The van der Waals surface area contributed by atoms with Crippen LogP contribution in [0, 0.1) is 0 Å². The van der Waals surface area contributed by atoms with E-state index in [1.807, 2.05) is 6.07 Å². The van der Waals surface area contributed by atoms with Gasteiger partial charge in [-0.3, -0.25) is 9.59 Å². The molecule has 4 heterocycles. The van der Waals surface area contributed by atoms with Gasteiger partial charge in [-0.05, 0) is 24.3 Å². The topological polar surface area (TPSA) is 146 Å². The van der Waals surface area contributed by atoms with Crippen LogP contribution in [0.3, 0.4) is 0 Å². The third-order valence-electron chi connectivity index (χ3n) is 5.76. The van der Waals surface area contributed by atoms with E-state index in [9.17, 15) is 14.7 Å². The molecule has 1 saturated heterocycles. The van der Waals surface area contributed by atoms with Gasteiger partial charge in [0.05, 0.1) is 55.8 Å². The summed E-state index contributed by atoms with van der Waals surface area (Å²) in [5.41, 5.74) is 1.52. The Labute approximate surface area is 199 Å². The molecule has 2 aliphatic heterocycles. The summed E-state index contributed by atoms with van der Waals surface area (Å²) in [6, 6.07) is 8.65. The molecule has 1 amide bonds. The van der Waals surface area contributed by atoms with Crippen LogP contribution < -0.4 is 25.7 Å². The fourth-order valence-electron chi connectivity index (χ4n) is 3.94. The van der Waals surface area contributed by atoms with Crippen molar-refractivity contribution in [3.05, 3.63) is 52.6 Å². The maximum absolute atomic E-state index is 12.5. The van der Waals surface area contributed by atoms with Gasteiger partial charge < -0.3 is 39.3 Å². The first-order valence-electron chi connectivity index (χ1n) is 11.1. The number of benzene rings is 1. The van der Waals surface area contributed by atoms with Gasteiger partial charge in [0.15, 0.2) is 24.5 Å². The molecule has 2 aliphatic rings. The van der Waals surface area contributed by atoms with E-state index in [1.54, 1.807) is 24.3 Å². The number of carbonyl (C=O) groups is 1. The van der Waals surface area contributed by atoms with Crippen LogP contribution in [0.4, 0.5) is 5.82 Å². The molecule has 5 rings (SSSR count). The van der Waals surface area contributed by atoms with E-state index in [-0.39, 0.29) is 30.7 Å². The monoisotopic (exact) mass is 483 g/mol. The SMILES string of the molecule is COc1ccc2ncc(=O)n(CC(O)[C@H]3OC[C@H](NCc4ccc5c(n4)NC(=O)CO5)CO3)c2c1. The Hall–Kier alpha value is -3.58. The molecule has 0 saturated carbocycles. The predicted octanol–water partition coefficient (Wildman–Crippen LogP) is 0.0232. The van der Waals surface area contributed by atoms with Crippen molar-refractivity contribution in [2.75, 3.05) is 32.2 Å². The van der Waals surface area contributed by atoms with Crippen LogP contribution in [0.1, 0.15) is 5.69 Å². The van der Waals surface area contributed by atoms with Crippen molar-refractivity contribution >= 4 is 22.8 Å². The van der Waals surface area contributed by atoms with Crippen LogP contribution >= 0.6 is 0 Å². The number of nitrogens with zero attached hydrogens (tertiary/aromatic N) is 3. The number of methoxy groups -OCH3 is 1. The number of aromatic nitrogens is 3. The summed E-state index contributed by atoms with van der Waals surface area (Å²) in [5, 5.41) is 16.7. The van der Waals surface area contributed by atoms with E-state index in [2.05, 4.69) is 20.6 Å². The van der Waals surface area contributed by atoms with Crippen LogP contribution in [0.15, 0.2) is 41.3 Å². The Kier molecular flexibility index (Phi) is 6.59. The van der Waals surface area contributed by atoms with E-state index in [4.69, 9.17) is 18.9 Å². The minimum absolute atomic E-state index is 0.0176. The van der Waals surface area contributed by atoms with Gasteiger partial charge in [0.25, 0.3) is 11.5 Å². The maximum atomic E-state index is 12.5. The standard InChI is InChI=1S/C23H25N5O7/c1-32-15-3-4-16-17(6-15)28(21(31)8-25-16)9-18(29)23-34-10-14(11-35-23)24-7-13-2-5-19-22(26-13)27-20(30)12-33-19/h2-6,8,14,18,23-24,29H,7,9-12H2,1H3,(H,26,27,30)/t14-,18?,23-. The summed E-state index contributed by atoms with van der Waals surface area (Å²) < 4.78 is 23.4. The van der Waals surface area contributed by atoms with Gasteiger partial charge in [0.2, 0.25) is 0 Å². The van der Waals surface area contributed by atoms with Crippen molar-refractivity contribution in [3.63, 3.8) is 0 Å². The van der Waals surface area contributed by atoms with Gasteiger partial charge in [-0.25, -0.2) is 9.97 Å². The number of anilines is 1. The summed E-state index contributed by atoms with van der Waals surface area (Å²) in [7, 11) is 1.54. The zero-order chi connectivity index (χ0) is 24.4. The predicted molar refractivity (Wildman–Crippen MR) is 123 cm³/mol. The average molecular weight is 483 g/mol. The summed E-state index contributed by atoms with van der Waals surface area (Å²) in [5.74, 6) is 1.27. The normalized spacial score (nSPS) is 20.6. The summed E-state index contributed by atoms with van der Waals surface area (Å²) >= 11 is 0. The quantitative estimate of drug-likeness (QED) is 0.420. The average Bonchev–Trinajstić information content (AvgIpc) is 2.88. The molecule has 0 bridgehead atoms. The molecule has 0 radical (unpaired) electrons. The molecule has 12 heteroatoms. The molecule has 3 N–H and O–H groups in total. The van der Waals surface area contributed by atoms with Crippen LogP contribution in [0.5, 0.6) is 11.5 Å². The second-order valence-corrected chi connectivity index (χ2v) is 8.23. The molecule has 1 fully saturated rings. The lowest BCUT2D eigenvalue weighted by molar-refractivity contribution is -0.233. The molecule has 0 spiro atoms. The number of amides is 1. The summed E-state index contributed by atoms with van der Waals surface area (Å²) in [4.78, 5) is 32.5. The minimum atomic E-state index is -1.07. The fraction of sp³-hybridized carbons (Fsp3) is 0.391. The van der Waals surface area contributed by atoms with Gasteiger partial charge >= 0.3 is 0 Å². The van der Waals surface area contributed by atoms with Gasteiger partial charge in [0.1, 0.15) is 11.9 Å². The van der Waals surface area contributed by atoms with Crippen molar-refractivity contribution in [2.24, 2.45) is 0 Å². The van der Waals surface area contributed by atoms with Crippen LogP contribution in [0.2, 0.25) is 0 Å². The Morgan fingerprint density at radius 3 is 2.89 bits per heavy atom. The van der Waals surface area contributed by atoms with Crippen molar-refractivity contribution in [1.29, 1.82) is 0 Å². The zero-order valence-electron chi connectivity index (χ0n) is 19.0. The lowest BCUT2D eigenvalue weighted by atomic mass is 10.2. The lowest BCUT2D eigenvalue weighted by Crippen LogP contribution is -2.49. The minimum Gasteiger partial charge on any atom is -0.497 e. The van der Waals surface area contributed by atoms with Gasteiger partial charge in [-0.15, -0.1) is 0 Å². The number of aliphatic hydroxyl groups is 1. The first-order chi connectivity index (χ1) is 17.0. The van der Waals surface area contributed by atoms with Gasteiger partial charge in [-0.2, -0.15) is 0 Å². The highest BCUT2D eigenvalue weighted by atomic mass is 16.7. The van der Waals surface area contributed by atoms with Gasteiger partial charge in [0, 0.05) is 12.6 Å². The van der Waals surface area contributed by atoms with E-state index < -0.39 is 12.4 Å². The zero-order valence-corrected chi connectivity index (χ0v) is 19.0. The van der Waals surface area contributed by atoms with Crippen LogP contribution in [0.25, 0.3) is 11.0 Å². The fourth-order valence-corrected chi connectivity index (χ4v) is 3.94. The molecule has 12 nitrogen and oxygen atoms in total. The van der Waals surface area contributed by atoms with E-state index in [1.165, 1.54) is 17.9 Å². The largest absolute Gasteiger partial charge is 0.497 e. The molecule has 1 unspecified atom stereocenters. The molecule has 1 atom stereocenters. The molecule has 2 aromatic heterocycles. The van der Waals surface area contributed by atoms with Gasteiger partial charge in [-0.1, -0.05) is 0 Å². The Morgan fingerprint density at radius 1 is 1.26 bits per heavy atom. The molecule has 3 aromatic rings. The molecular weight excluding hydrogens is 458 g/mol. The third-order valence-corrected chi connectivity index (χ3v) is 5.76. The van der Waals surface area contributed by atoms with E-state index in [0.29, 0.717) is 48.1 Å². The second kappa shape index (κ2) is 9.96. The molecule has 184 valence electrons. The number of carbonyl (C=O) groups excluding carboxylic acids is 1. The number of hydrogen-bond donors (Lipinski definition) is 3.